The molecule has 48 heavy (non-hydrogen) atoms. The molecular formula is C45H30N3+. The molecule has 0 atom stereocenters. The van der Waals surface area contributed by atoms with Crippen LogP contribution in [0.25, 0.3) is 60.7 Å². The molecule has 0 radical (unpaired) electrons. The van der Waals surface area contributed by atoms with Gasteiger partial charge in [-0.25, -0.2) is 0 Å². The van der Waals surface area contributed by atoms with Crippen LogP contribution in [0, 0.1) is 0 Å². The number of rotatable bonds is 5. The lowest BCUT2D eigenvalue weighted by Crippen LogP contribution is -2.24. The number of hydrogen-bond acceptors (Lipinski definition) is 0. The topological polar surface area (TPSA) is 12.9 Å². The van der Waals surface area contributed by atoms with Crippen molar-refractivity contribution < 1.29 is 4.58 Å². The molecule has 0 saturated carbocycles. The van der Waals surface area contributed by atoms with Gasteiger partial charge < -0.3 is 9.13 Å². The van der Waals surface area contributed by atoms with Crippen LogP contribution in [0.4, 0.5) is 5.69 Å². The second kappa shape index (κ2) is 10.5. The van der Waals surface area contributed by atoms with Crippen LogP contribution in [0.2, 0.25) is 0 Å². The Bertz CT molecular complexity index is 2730. The Morgan fingerprint density at radius 3 is 1.42 bits per heavy atom. The molecule has 0 saturated heterocycles. The predicted molar refractivity (Wildman–Crippen MR) is 200 cm³/mol. The minimum absolute atomic E-state index is 1.14. The monoisotopic (exact) mass is 612 g/mol. The van der Waals surface area contributed by atoms with Crippen molar-refractivity contribution in [3.05, 3.63) is 193 Å². The molecule has 0 amide bonds. The Hall–Kier alpha value is -6.45. The van der Waals surface area contributed by atoms with Crippen molar-refractivity contribution in [2.24, 2.45) is 0 Å². The molecule has 1 aliphatic heterocycles. The van der Waals surface area contributed by atoms with E-state index in [1.807, 2.05) is 0 Å². The van der Waals surface area contributed by atoms with E-state index in [-0.39, 0.29) is 0 Å². The van der Waals surface area contributed by atoms with Crippen molar-refractivity contribution >= 4 is 60.7 Å². The van der Waals surface area contributed by atoms with Crippen LogP contribution in [0.3, 0.4) is 0 Å². The van der Waals surface area contributed by atoms with Gasteiger partial charge >= 0.3 is 0 Å². The van der Waals surface area contributed by atoms with E-state index in [0.29, 0.717) is 0 Å². The summed E-state index contributed by atoms with van der Waals surface area (Å²) in [6.45, 7) is 0. The van der Waals surface area contributed by atoms with E-state index in [1.54, 1.807) is 0 Å². The summed E-state index contributed by atoms with van der Waals surface area (Å²) in [4.78, 5) is 0. The van der Waals surface area contributed by atoms with Crippen LogP contribution >= 0.6 is 0 Å². The summed E-state index contributed by atoms with van der Waals surface area (Å²) in [7, 11) is 0. The van der Waals surface area contributed by atoms with Crippen LogP contribution in [-0.2, 0) is 0 Å². The van der Waals surface area contributed by atoms with Crippen molar-refractivity contribution in [1.29, 1.82) is 0 Å². The maximum atomic E-state index is 2.42. The minimum atomic E-state index is 1.14. The van der Waals surface area contributed by atoms with Crippen molar-refractivity contribution in [1.82, 2.24) is 9.13 Å². The van der Waals surface area contributed by atoms with Gasteiger partial charge in [-0.1, -0.05) is 91.0 Å². The van der Waals surface area contributed by atoms with Crippen LogP contribution in [0.1, 0.15) is 11.1 Å². The van der Waals surface area contributed by atoms with Gasteiger partial charge in [0.25, 0.3) is 0 Å². The van der Waals surface area contributed by atoms with Crippen LogP contribution in [0.15, 0.2) is 182 Å². The normalized spacial score (nSPS) is 13.0. The van der Waals surface area contributed by atoms with Gasteiger partial charge in [-0.2, -0.15) is 4.58 Å². The quantitative estimate of drug-likeness (QED) is 0.172. The first-order valence-corrected chi connectivity index (χ1v) is 16.5. The number of fused-ring (bicyclic) bond motifs is 6. The fourth-order valence-corrected chi connectivity index (χ4v) is 7.56. The molecule has 0 fully saturated rings. The van der Waals surface area contributed by atoms with E-state index < -0.39 is 0 Å². The molecule has 0 N–H and O–H groups in total. The highest BCUT2D eigenvalue weighted by Gasteiger charge is 2.34. The van der Waals surface area contributed by atoms with E-state index in [1.165, 1.54) is 66.1 Å². The van der Waals surface area contributed by atoms with Gasteiger partial charge in [-0.3, -0.25) is 0 Å². The smallest absolute Gasteiger partial charge is 0.225 e. The number of aromatic nitrogens is 2. The molecule has 3 heteroatoms. The maximum absolute atomic E-state index is 2.42. The summed E-state index contributed by atoms with van der Waals surface area (Å²) in [6, 6.07) is 63.4. The lowest BCUT2D eigenvalue weighted by atomic mass is 9.98. The Balaban J connectivity index is 1.18. The zero-order chi connectivity index (χ0) is 31.6. The van der Waals surface area contributed by atoms with E-state index in [2.05, 4.69) is 196 Å². The fraction of sp³-hybridized carbons (Fsp3) is 0. The molecule has 0 unspecified atom stereocenters. The van der Waals surface area contributed by atoms with E-state index in [0.717, 1.165) is 17.1 Å². The third-order valence-corrected chi connectivity index (χ3v) is 9.74. The summed E-state index contributed by atoms with van der Waals surface area (Å²) in [5.41, 5.74) is 13.1. The average Bonchev–Trinajstić information content (AvgIpc) is 3.64. The van der Waals surface area contributed by atoms with Crippen LogP contribution in [-0.4, -0.2) is 19.4 Å². The standard InChI is InChI=1S/C45H30N3/c1-4-14-31(15-5-1)42-29-43(32-16-6-2-7-17-32)48(42)35-26-24-34(25-27-35)47-41-23-13-11-21-37(41)39-28-38-36-20-10-12-22-40(36)46(44(38)30-45(39)47)33-18-8-3-9-19-33/h1-30H/q+1. The molecule has 224 valence electrons. The fourth-order valence-electron chi connectivity index (χ4n) is 7.56. The largest absolute Gasteiger partial charge is 0.309 e. The number of allylic oxidation sites excluding steroid dienone is 1. The predicted octanol–water partition coefficient (Wildman–Crippen LogP) is 11.1. The van der Waals surface area contributed by atoms with Crippen molar-refractivity contribution in [3.63, 3.8) is 0 Å². The highest BCUT2D eigenvalue weighted by Crippen LogP contribution is 2.40. The average molecular weight is 613 g/mol. The van der Waals surface area contributed by atoms with Gasteiger partial charge in [-0.15, -0.1) is 0 Å². The van der Waals surface area contributed by atoms with E-state index in [9.17, 15) is 0 Å². The Morgan fingerprint density at radius 1 is 0.354 bits per heavy atom. The molecule has 2 aromatic heterocycles. The first-order valence-electron chi connectivity index (χ1n) is 16.5. The van der Waals surface area contributed by atoms with Gasteiger partial charge in [0.2, 0.25) is 17.1 Å². The lowest BCUT2D eigenvalue weighted by Gasteiger charge is -2.18. The molecule has 0 spiro atoms. The molecular weight excluding hydrogens is 583 g/mol. The summed E-state index contributed by atoms with van der Waals surface area (Å²) >= 11 is 0. The van der Waals surface area contributed by atoms with Gasteiger partial charge in [-0.05, 0) is 72.8 Å². The Kier molecular flexibility index (Phi) is 5.87. The third kappa shape index (κ3) is 3.98. The first-order chi connectivity index (χ1) is 23.8. The Labute approximate surface area is 278 Å². The number of hydrogen-bond donors (Lipinski definition) is 0. The number of para-hydroxylation sites is 3. The summed E-state index contributed by atoms with van der Waals surface area (Å²) in [5, 5.41) is 5.05. The SMILES string of the molecule is C1=C(c2ccccc2)[N+](c2ccc(-n3c4ccccc4c4cc5c6ccccc6n(-c6ccccc6)c5cc43)cc2)=C1c1ccccc1. The zero-order valence-electron chi connectivity index (χ0n) is 26.2. The molecule has 0 aliphatic carbocycles. The van der Waals surface area contributed by atoms with Gasteiger partial charge in [0.15, 0.2) is 0 Å². The van der Waals surface area contributed by atoms with E-state index in [4.69, 9.17) is 0 Å². The molecule has 3 nitrogen and oxygen atoms in total. The third-order valence-electron chi connectivity index (χ3n) is 9.74. The lowest BCUT2D eigenvalue weighted by molar-refractivity contribution is -0.341. The second-order valence-electron chi connectivity index (χ2n) is 12.4. The van der Waals surface area contributed by atoms with Gasteiger partial charge in [0.1, 0.15) is 0 Å². The molecule has 9 aromatic rings. The van der Waals surface area contributed by atoms with Gasteiger partial charge in [0.05, 0.1) is 28.1 Å². The molecule has 0 bridgehead atoms. The highest BCUT2D eigenvalue weighted by atomic mass is 15.1. The maximum Gasteiger partial charge on any atom is 0.225 e. The van der Waals surface area contributed by atoms with E-state index >= 15 is 0 Å². The molecule has 3 heterocycles. The molecule has 7 aromatic carbocycles. The van der Waals surface area contributed by atoms with Crippen molar-refractivity contribution in [3.8, 4) is 11.4 Å². The summed E-state index contributed by atoms with van der Waals surface area (Å²) in [5.74, 6) is 0. The summed E-state index contributed by atoms with van der Waals surface area (Å²) < 4.78 is 7.20. The summed E-state index contributed by atoms with van der Waals surface area (Å²) in [6.07, 6.45) is 2.29. The Morgan fingerprint density at radius 2 is 0.833 bits per heavy atom. The minimum Gasteiger partial charge on any atom is -0.309 e. The van der Waals surface area contributed by atoms with Crippen molar-refractivity contribution in [2.75, 3.05) is 0 Å². The highest BCUT2D eigenvalue weighted by molar-refractivity contribution is 6.19. The first kappa shape index (κ1) is 26.7. The van der Waals surface area contributed by atoms with Crippen LogP contribution < -0.4 is 0 Å². The number of nitrogens with zero attached hydrogens (tertiary/aromatic N) is 3. The number of benzene rings is 7. The second-order valence-corrected chi connectivity index (χ2v) is 12.4. The van der Waals surface area contributed by atoms with Gasteiger partial charge in [0, 0.05) is 56.2 Å². The zero-order valence-corrected chi connectivity index (χ0v) is 26.2. The van der Waals surface area contributed by atoms with Crippen molar-refractivity contribution in [2.45, 2.75) is 0 Å². The molecule has 10 rings (SSSR count). The van der Waals surface area contributed by atoms with Crippen LogP contribution in [0.5, 0.6) is 0 Å². The molecule has 1 aliphatic rings.